The number of thiophene rings is 1. The second-order valence-electron chi connectivity index (χ2n) is 6.36. The molecule has 0 atom stereocenters. The second kappa shape index (κ2) is 6.96. The van der Waals surface area contributed by atoms with Crippen molar-refractivity contribution in [1.29, 1.82) is 0 Å². The van der Waals surface area contributed by atoms with Crippen molar-refractivity contribution in [3.05, 3.63) is 59.0 Å². The summed E-state index contributed by atoms with van der Waals surface area (Å²) in [6, 6.07) is 5.93. The molecule has 0 radical (unpaired) electrons. The van der Waals surface area contributed by atoms with Crippen LogP contribution in [0.25, 0.3) is 16.2 Å². The Labute approximate surface area is 160 Å². The number of hydrogen-bond donors (Lipinski definition) is 0. The Morgan fingerprint density at radius 2 is 2.19 bits per heavy atom. The molecule has 0 bridgehead atoms. The zero-order chi connectivity index (χ0) is 19.0. The zero-order valence-corrected chi connectivity index (χ0v) is 16.3. The van der Waals surface area contributed by atoms with Gasteiger partial charge in [0.2, 0.25) is 0 Å². The van der Waals surface area contributed by atoms with Gasteiger partial charge in [0.1, 0.15) is 5.56 Å². The van der Waals surface area contributed by atoms with E-state index < -0.39 is 0 Å². The van der Waals surface area contributed by atoms with E-state index in [9.17, 15) is 4.79 Å². The number of aromatic nitrogens is 5. The third-order valence-electron chi connectivity index (χ3n) is 4.53. The topological polar surface area (TPSA) is 68.3 Å². The van der Waals surface area contributed by atoms with E-state index >= 15 is 0 Å². The van der Waals surface area contributed by atoms with Crippen LogP contribution in [0, 0.1) is 6.92 Å². The zero-order valence-electron chi connectivity index (χ0n) is 15.5. The van der Waals surface area contributed by atoms with Crippen molar-refractivity contribution in [3.63, 3.8) is 0 Å². The van der Waals surface area contributed by atoms with Crippen LogP contribution in [0.5, 0.6) is 0 Å². The molecule has 0 spiro atoms. The maximum absolute atomic E-state index is 13.0. The van der Waals surface area contributed by atoms with Crippen molar-refractivity contribution >= 4 is 22.9 Å². The van der Waals surface area contributed by atoms with Gasteiger partial charge >= 0.3 is 0 Å². The first-order valence-electron chi connectivity index (χ1n) is 8.73. The normalized spacial score (nSPS) is 11.2. The maximum atomic E-state index is 13.0. The smallest absolute Gasteiger partial charge is 0.259 e. The van der Waals surface area contributed by atoms with Crippen LogP contribution in [0.3, 0.4) is 0 Å². The van der Waals surface area contributed by atoms with Crippen molar-refractivity contribution in [2.45, 2.75) is 26.9 Å². The van der Waals surface area contributed by atoms with Gasteiger partial charge in [-0.1, -0.05) is 6.07 Å². The minimum Gasteiger partial charge on any atom is -0.337 e. The lowest BCUT2D eigenvalue weighted by Gasteiger charge is -2.16. The molecule has 138 valence electrons. The molecule has 8 heteroatoms. The highest BCUT2D eigenvalue weighted by Gasteiger charge is 2.20. The minimum absolute atomic E-state index is 0.107. The average molecular weight is 380 g/mol. The predicted octanol–water partition coefficient (Wildman–Crippen LogP) is 3.25. The molecule has 4 aromatic heterocycles. The highest BCUT2D eigenvalue weighted by Crippen LogP contribution is 2.25. The van der Waals surface area contributed by atoms with Gasteiger partial charge in [-0.2, -0.15) is 10.2 Å². The molecular formula is C19H20N6OS. The van der Waals surface area contributed by atoms with Crippen LogP contribution in [0.15, 0.2) is 42.2 Å². The molecule has 0 aliphatic carbocycles. The Kier molecular flexibility index (Phi) is 4.49. The van der Waals surface area contributed by atoms with Gasteiger partial charge in [-0.25, -0.2) is 9.50 Å². The summed E-state index contributed by atoms with van der Waals surface area (Å²) in [6.45, 7) is 5.31. The number of carbonyl (C=O) groups is 1. The highest BCUT2D eigenvalue weighted by atomic mass is 32.1. The highest BCUT2D eigenvalue weighted by molar-refractivity contribution is 7.13. The van der Waals surface area contributed by atoms with Crippen LogP contribution in [0.1, 0.15) is 28.5 Å². The number of rotatable bonds is 5. The summed E-state index contributed by atoms with van der Waals surface area (Å²) >= 11 is 1.63. The first kappa shape index (κ1) is 17.4. The van der Waals surface area contributed by atoms with Gasteiger partial charge in [-0.05, 0) is 31.4 Å². The Bertz CT molecular complexity index is 1100. The van der Waals surface area contributed by atoms with Crippen LogP contribution in [0.2, 0.25) is 0 Å². The molecule has 0 aromatic carbocycles. The fourth-order valence-electron chi connectivity index (χ4n) is 3.06. The van der Waals surface area contributed by atoms with E-state index in [2.05, 4.69) is 15.2 Å². The molecule has 1 amide bonds. The van der Waals surface area contributed by atoms with Gasteiger partial charge in [0.05, 0.1) is 22.5 Å². The van der Waals surface area contributed by atoms with Gasteiger partial charge in [0, 0.05) is 38.1 Å². The molecule has 4 heterocycles. The molecule has 7 nitrogen and oxygen atoms in total. The summed E-state index contributed by atoms with van der Waals surface area (Å²) < 4.78 is 3.61. The SMILES string of the molecule is CCn1cc(CN(C)C(=O)c2cnn3c(-c4cccs4)ccnc23)c(C)n1. The Morgan fingerprint density at radius 3 is 2.89 bits per heavy atom. The van der Waals surface area contributed by atoms with Crippen LogP contribution in [-0.2, 0) is 13.1 Å². The first-order chi connectivity index (χ1) is 13.1. The fourth-order valence-corrected chi connectivity index (χ4v) is 3.80. The van der Waals surface area contributed by atoms with Crippen molar-refractivity contribution in [2.24, 2.45) is 0 Å². The molecule has 0 aliphatic rings. The monoisotopic (exact) mass is 380 g/mol. The molecular weight excluding hydrogens is 360 g/mol. The van der Waals surface area contributed by atoms with Crippen LogP contribution >= 0.6 is 11.3 Å². The number of hydrogen-bond acceptors (Lipinski definition) is 5. The lowest BCUT2D eigenvalue weighted by Crippen LogP contribution is -2.26. The lowest BCUT2D eigenvalue weighted by atomic mass is 10.2. The van der Waals surface area contributed by atoms with Crippen molar-refractivity contribution in [3.8, 4) is 10.6 Å². The number of carbonyl (C=O) groups excluding carboxylic acids is 1. The molecule has 27 heavy (non-hydrogen) atoms. The molecule has 4 aromatic rings. The summed E-state index contributed by atoms with van der Waals surface area (Å²) in [5.74, 6) is -0.107. The predicted molar refractivity (Wildman–Crippen MR) is 105 cm³/mol. The van der Waals surface area contributed by atoms with Gasteiger partial charge in [-0.15, -0.1) is 11.3 Å². The summed E-state index contributed by atoms with van der Waals surface area (Å²) in [7, 11) is 1.79. The van der Waals surface area contributed by atoms with E-state index in [-0.39, 0.29) is 5.91 Å². The fraction of sp³-hybridized carbons (Fsp3) is 0.263. The third kappa shape index (κ3) is 3.12. The average Bonchev–Trinajstić information content (AvgIpc) is 3.41. The van der Waals surface area contributed by atoms with Gasteiger partial charge < -0.3 is 4.90 Å². The van der Waals surface area contributed by atoms with Crippen molar-refractivity contribution in [1.82, 2.24) is 29.3 Å². The largest absolute Gasteiger partial charge is 0.337 e. The molecule has 0 saturated heterocycles. The Morgan fingerprint density at radius 1 is 1.33 bits per heavy atom. The summed E-state index contributed by atoms with van der Waals surface area (Å²) in [5.41, 5.74) is 3.97. The van der Waals surface area contributed by atoms with E-state index in [0.717, 1.165) is 28.4 Å². The summed E-state index contributed by atoms with van der Waals surface area (Å²) in [5, 5.41) is 10.9. The Hall–Kier alpha value is -3.00. The summed E-state index contributed by atoms with van der Waals surface area (Å²) in [6.07, 6.45) is 5.31. The molecule has 4 rings (SSSR count). The lowest BCUT2D eigenvalue weighted by molar-refractivity contribution is 0.0786. The van der Waals surface area contributed by atoms with E-state index in [4.69, 9.17) is 0 Å². The second-order valence-corrected chi connectivity index (χ2v) is 7.31. The molecule has 0 N–H and O–H groups in total. The summed E-state index contributed by atoms with van der Waals surface area (Å²) in [4.78, 5) is 20.2. The quantitative estimate of drug-likeness (QED) is 0.533. The first-order valence-corrected chi connectivity index (χ1v) is 9.61. The molecule has 0 fully saturated rings. The molecule has 0 aliphatic heterocycles. The van der Waals surface area contributed by atoms with E-state index in [1.165, 1.54) is 0 Å². The number of nitrogens with zero attached hydrogens (tertiary/aromatic N) is 6. The van der Waals surface area contributed by atoms with Crippen LogP contribution < -0.4 is 0 Å². The number of fused-ring (bicyclic) bond motifs is 1. The Balaban J connectivity index is 1.64. The van der Waals surface area contributed by atoms with Gasteiger partial charge in [-0.3, -0.25) is 9.48 Å². The van der Waals surface area contributed by atoms with Crippen molar-refractivity contribution in [2.75, 3.05) is 7.05 Å². The van der Waals surface area contributed by atoms with Crippen LogP contribution in [-0.4, -0.2) is 42.2 Å². The number of aryl methyl sites for hydroxylation is 2. The van der Waals surface area contributed by atoms with E-state index in [1.807, 2.05) is 48.3 Å². The number of amides is 1. The molecule has 0 saturated carbocycles. The van der Waals surface area contributed by atoms with E-state index in [1.54, 1.807) is 40.2 Å². The van der Waals surface area contributed by atoms with Crippen LogP contribution in [0.4, 0.5) is 0 Å². The van der Waals surface area contributed by atoms with Gasteiger partial charge in [0.15, 0.2) is 5.65 Å². The maximum Gasteiger partial charge on any atom is 0.259 e. The van der Waals surface area contributed by atoms with E-state index in [0.29, 0.717) is 17.8 Å². The van der Waals surface area contributed by atoms with Gasteiger partial charge in [0.25, 0.3) is 5.91 Å². The molecule has 0 unspecified atom stereocenters. The standard InChI is InChI=1S/C19H20N6OS/c1-4-24-12-14(13(2)22-24)11-23(3)19(26)15-10-21-25-16(7-8-20-18(15)25)17-6-5-9-27-17/h5-10,12H,4,11H2,1-3H3. The third-order valence-corrected chi connectivity index (χ3v) is 5.42. The minimum atomic E-state index is -0.107. The van der Waals surface area contributed by atoms with Crippen molar-refractivity contribution < 1.29 is 4.79 Å².